The van der Waals surface area contributed by atoms with Crippen LogP contribution in [0.25, 0.3) is 0 Å². The summed E-state index contributed by atoms with van der Waals surface area (Å²) < 4.78 is 15.9. The van der Waals surface area contributed by atoms with E-state index in [1.165, 1.54) is 22.5 Å². The van der Waals surface area contributed by atoms with Crippen LogP contribution in [0.5, 0.6) is 0 Å². The molecule has 154 valence electrons. The fourth-order valence-electron chi connectivity index (χ4n) is 2.73. The minimum absolute atomic E-state index is 0.0429. The van der Waals surface area contributed by atoms with Crippen LogP contribution in [-0.2, 0) is 0 Å². The predicted octanol–water partition coefficient (Wildman–Crippen LogP) is 5.96. The van der Waals surface area contributed by atoms with Gasteiger partial charge in [0, 0.05) is 10.2 Å². The molecular weight excluding hydrogens is 469 g/mol. The molecule has 0 saturated heterocycles. The zero-order chi connectivity index (χ0) is 21.7. The fourth-order valence-corrected chi connectivity index (χ4v) is 3.18. The highest BCUT2D eigenvalue weighted by Crippen LogP contribution is 2.22. The Balaban J connectivity index is 1.62. The van der Waals surface area contributed by atoms with Crippen molar-refractivity contribution in [3.05, 3.63) is 94.2 Å². The largest absolute Gasteiger partial charge is 0.332 e. The Morgan fingerprint density at radius 3 is 2.27 bits per heavy atom. The number of rotatable bonds is 5. The zero-order valence-electron chi connectivity index (χ0n) is 16.0. The number of hydrogen-bond acceptors (Lipinski definition) is 3. The van der Waals surface area contributed by atoms with Crippen molar-refractivity contribution in [1.29, 1.82) is 0 Å². The first kappa shape index (κ1) is 21.9. The monoisotopic (exact) mass is 487 g/mol. The summed E-state index contributed by atoms with van der Waals surface area (Å²) in [6.07, 6.45) is 0. The van der Waals surface area contributed by atoms with E-state index in [0.29, 0.717) is 11.4 Å². The summed E-state index contributed by atoms with van der Waals surface area (Å²) in [5.74, 6) is -1.14. The molecule has 1 atom stereocenters. The lowest BCUT2D eigenvalue weighted by molar-refractivity contribution is 0.102. The van der Waals surface area contributed by atoms with Crippen LogP contribution in [0.4, 0.5) is 20.6 Å². The van der Waals surface area contributed by atoms with Gasteiger partial charge in [0.1, 0.15) is 5.82 Å². The Hall–Kier alpha value is -2.84. The average molecular weight is 488 g/mol. The van der Waals surface area contributed by atoms with E-state index in [4.69, 9.17) is 0 Å². The van der Waals surface area contributed by atoms with Crippen molar-refractivity contribution in [3.63, 3.8) is 0 Å². The van der Waals surface area contributed by atoms with Gasteiger partial charge in [-0.1, -0.05) is 53.0 Å². The van der Waals surface area contributed by atoms with Gasteiger partial charge in [0.05, 0.1) is 17.3 Å². The van der Waals surface area contributed by atoms with E-state index in [9.17, 15) is 14.0 Å². The Morgan fingerprint density at radius 1 is 1.00 bits per heavy atom. The highest BCUT2D eigenvalue weighted by molar-refractivity contribution is 9.10. The first-order chi connectivity index (χ1) is 14.3. The van der Waals surface area contributed by atoms with Crippen molar-refractivity contribution in [2.75, 3.05) is 9.62 Å². The maximum Gasteiger partial charge on any atom is 0.332 e. The maximum absolute atomic E-state index is 13.7. The molecule has 2 N–H and O–H groups in total. The lowest BCUT2D eigenvalue weighted by Gasteiger charge is -2.21. The molecule has 0 radical (unpaired) electrons. The number of hydrogen-bond donors (Lipinski definition) is 3. The molecule has 0 heterocycles. The van der Waals surface area contributed by atoms with E-state index in [2.05, 4.69) is 39.4 Å². The SMILES string of the molecule is C[C@@H](NC(=O)N(S)c1ccc(NC(=O)c2ccccc2F)cc1)c1ccc(Br)cc1. The van der Waals surface area contributed by atoms with E-state index in [1.807, 2.05) is 31.2 Å². The van der Waals surface area contributed by atoms with Gasteiger partial charge >= 0.3 is 6.03 Å². The molecule has 3 aromatic rings. The third-order valence-corrected chi connectivity index (χ3v) is 5.33. The summed E-state index contributed by atoms with van der Waals surface area (Å²) in [4.78, 5) is 24.7. The van der Waals surface area contributed by atoms with Crippen LogP contribution in [0.15, 0.2) is 77.3 Å². The van der Waals surface area contributed by atoms with E-state index < -0.39 is 17.8 Å². The third kappa shape index (κ3) is 5.40. The number of carbonyl (C=O) groups is 2. The summed E-state index contributed by atoms with van der Waals surface area (Å²) >= 11 is 7.65. The normalized spacial score (nSPS) is 11.5. The van der Waals surface area contributed by atoms with Gasteiger partial charge in [0.15, 0.2) is 0 Å². The number of urea groups is 1. The maximum atomic E-state index is 13.7. The van der Waals surface area contributed by atoms with Gasteiger partial charge < -0.3 is 10.6 Å². The number of amides is 3. The standard InChI is InChI=1S/C22H19BrFN3O2S/c1-14(15-6-8-16(23)9-7-15)25-22(29)27(30)18-12-10-17(11-13-18)26-21(28)19-4-2-3-5-20(19)24/h2-14,30H,1H3,(H,25,29)(H,26,28)/t14-/m1/s1. The summed E-state index contributed by atoms with van der Waals surface area (Å²) in [5.41, 5.74) is 1.90. The molecule has 0 aromatic heterocycles. The second-order valence-electron chi connectivity index (χ2n) is 6.52. The second-order valence-corrected chi connectivity index (χ2v) is 7.83. The molecule has 0 aliphatic heterocycles. The first-order valence-corrected chi connectivity index (χ1v) is 10.3. The molecule has 0 saturated carbocycles. The number of halogens is 2. The number of nitrogens with zero attached hydrogens (tertiary/aromatic N) is 1. The third-order valence-electron chi connectivity index (χ3n) is 4.39. The zero-order valence-corrected chi connectivity index (χ0v) is 18.5. The van der Waals surface area contributed by atoms with Crippen LogP contribution in [0.1, 0.15) is 28.9 Å². The van der Waals surface area contributed by atoms with Crippen LogP contribution >= 0.6 is 28.7 Å². The van der Waals surface area contributed by atoms with Crippen LogP contribution in [0, 0.1) is 5.82 Å². The topological polar surface area (TPSA) is 61.4 Å². The van der Waals surface area contributed by atoms with Crippen molar-refractivity contribution in [2.45, 2.75) is 13.0 Å². The molecule has 5 nitrogen and oxygen atoms in total. The van der Waals surface area contributed by atoms with E-state index in [-0.39, 0.29) is 11.6 Å². The Morgan fingerprint density at radius 2 is 1.63 bits per heavy atom. The molecule has 3 aromatic carbocycles. The van der Waals surface area contributed by atoms with E-state index >= 15 is 0 Å². The van der Waals surface area contributed by atoms with Crippen LogP contribution in [0.2, 0.25) is 0 Å². The summed E-state index contributed by atoms with van der Waals surface area (Å²) in [6.45, 7) is 1.88. The Kier molecular flexibility index (Phi) is 7.12. The predicted molar refractivity (Wildman–Crippen MR) is 123 cm³/mol. The quantitative estimate of drug-likeness (QED) is 0.388. The van der Waals surface area contributed by atoms with Crippen molar-refractivity contribution in [2.24, 2.45) is 0 Å². The molecule has 0 spiro atoms. The summed E-state index contributed by atoms with van der Waals surface area (Å²) in [5, 5.41) is 5.50. The second kappa shape index (κ2) is 9.77. The Bertz CT molecular complexity index is 1050. The van der Waals surface area contributed by atoms with Crippen molar-refractivity contribution >= 4 is 52.1 Å². The minimum atomic E-state index is -0.593. The highest BCUT2D eigenvalue weighted by atomic mass is 79.9. The minimum Gasteiger partial charge on any atom is -0.330 e. The van der Waals surface area contributed by atoms with Crippen LogP contribution in [-0.4, -0.2) is 11.9 Å². The van der Waals surface area contributed by atoms with Crippen molar-refractivity contribution < 1.29 is 14.0 Å². The highest BCUT2D eigenvalue weighted by Gasteiger charge is 2.16. The number of nitrogens with one attached hydrogen (secondary N) is 2. The molecule has 30 heavy (non-hydrogen) atoms. The van der Waals surface area contributed by atoms with E-state index in [0.717, 1.165) is 10.0 Å². The van der Waals surface area contributed by atoms with Gasteiger partial charge in [0.2, 0.25) is 0 Å². The van der Waals surface area contributed by atoms with Gasteiger partial charge in [-0.25, -0.2) is 13.5 Å². The Labute approximate surface area is 188 Å². The first-order valence-electron chi connectivity index (χ1n) is 9.06. The lowest BCUT2D eigenvalue weighted by Crippen LogP contribution is -2.35. The van der Waals surface area contributed by atoms with Gasteiger partial charge in [-0.3, -0.25) is 4.79 Å². The fraction of sp³-hybridized carbons (Fsp3) is 0.0909. The van der Waals surface area contributed by atoms with E-state index in [1.54, 1.807) is 30.3 Å². The average Bonchev–Trinajstić information content (AvgIpc) is 2.74. The number of thiol groups is 1. The molecule has 0 bridgehead atoms. The lowest BCUT2D eigenvalue weighted by atomic mass is 10.1. The molecule has 3 rings (SSSR count). The molecule has 0 fully saturated rings. The smallest absolute Gasteiger partial charge is 0.330 e. The number of carbonyl (C=O) groups excluding carboxylic acids is 2. The molecule has 3 amide bonds. The molecule has 8 heteroatoms. The van der Waals surface area contributed by atoms with Crippen LogP contribution < -0.4 is 14.9 Å². The van der Waals surface area contributed by atoms with Crippen LogP contribution in [0.3, 0.4) is 0 Å². The number of anilines is 2. The number of benzene rings is 3. The molecule has 0 unspecified atom stereocenters. The summed E-state index contributed by atoms with van der Waals surface area (Å²) in [6, 6.07) is 19.3. The van der Waals surface area contributed by atoms with Gasteiger partial charge in [-0.2, -0.15) is 0 Å². The van der Waals surface area contributed by atoms with Gasteiger partial charge in [-0.05, 0) is 61.0 Å². The summed E-state index contributed by atoms with van der Waals surface area (Å²) in [7, 11) is 0. The molecule has 0 aliphatic carbocycles. The van der Waals surface area contributed by atoms with Gasteiger partial charge in [-0.15, -0.1) is 0 Å². The van der Waals surface area contributed by atoms with Crippen molar-refractivity contribution in [1.82, 2.24) is 5.32 Å². The van der Waals surface area contributed by atoms with Crippen molar-refractivity contribution in [3.8, 4) is 0 Å². The molecular formula is C22H19BrFN3O2S. The van der Waals surface area contributed by atoms with Gasteiger partial charge in [0.25, 0.3) is 5.91 Å². The molecule has 0 aliphatic rings.